The summed E-state index contributed by atoms with van der Waals surface area (Å²) in [5.74, 6) is -0.444. The largest absolute Gasteiger partial charge is 0.456 e. The second-order valence-corrected chi connectivity index (χ2v) is 9.89. The van der Waals surface area contributed by atoms with Crippen molar-refractivity contribution in [1.82, 2.24) is 0 Å². The Kier molecular flexibility index (Phi) is 4.95. The number of hydrogen-bond acceptors (Lipinski definition) is 7. The van der Waals surface area contributed by atoms with Crippen LogP contribution in [0.5, 0.6) is 11.5 Å². The molecule has 1 aliphatic carbocycles. The van der Waals surface area contributed by atoms with E-state index in [1.54, 1.807) is 18.2 Å². The molecule has 2 fully saturated rings. The molecular formula is C19H23NO7S. The van der Waals surface area contributed by atoms with Gasteiger partial charge in [0.25, 0.3) is 11.7 Å². The molecule has 0 radical (unpaired) electrons. The molecule has 1 atom stereocenters. The van der Waals surface area contributed by atoms with E-state index in [9.17, 15) is 18.0 Å². The standard InChI is InChI=1S/C19H23NO7S/c21-17(11-25-18(22)9-13-5-8-28(23,24)12-13)20-14-3-4-15-16(10-14)27-19(26-15)6-1-2-7-19/h3-4,10,13H,1-2,5-9,11-12H2,(H,20,21). The first-order valence-corrected chi connectivity index (χ1v) is 11.3. The van der Waals surface area contributed by atoms with E-state index in [1.807, 2.05) is 0 Å². The molecule has 1 spiro atoms. The molecule has 1 saturated carbocycles. The Morgan fingerprint density at radius 1 is 1.18 bits per heavy atom. The van der Waals surface area contributed by atoms with Gasteiger partial charge in [-0.15, -0.1) is 0 Å². The quantitative estimate of drug-likeness (QED) is 0.741. The number of amides is 1. The van der Waals surface area contributed by atoms with E-state index in [4.69, 9.17) is 14.2 Å². The molecule has 4 rings (SSSR count). The molecule has 3 aliphatic rings. The van der Waals surface area contributed by atoms with Crippen LogP contribution < -0.4 is 14.8 Å². The van der Waals surface area contributed by atoms with E-state index < -0.39 is 34.1 Å². The first kappa shape index (κ1) is 19.0. The van der Waals surface area contributed by atoms with Crippen molar-refractivity contribution >= 4 is 27.4 Å². The monoisotopic (exact) mass is 409 g/mol. The summed E-state index contributed by atoms with van der Waals surface area (Å²) in [4.78, 5) is 23.9. The van der Waals surface area contributed by atoms with Gasteiger partial charge in [0.15, 0.2) is 27.9 Å². The number of ether oxygens (including phenoxy) is 3. The summed E-state index contributed by atoms with van der Waals surface area (Å²) in [6.45, 7) is -0.420. The summed E-state index contributed by atoms with van der Waals surface area (Å²) in [5, 5.41) is 2.67. The maximum absolute atomic E-state index is 12.1. The van der Waals surface area contributed by atoms with Crippen molar-refractivity contribution in [3.63, 3.8) is 0 Å². The zero-order valence-electron chi connectivity index (χ0n) is 15.4. The third kappa shape index (κ3) is 4.24. The molecule has 2 heterocycles. The smallest absolute Gasteiger partial charge is 0.306 e. The molecule has 1 N–H and O–H groups in total. The maximum Gasteiger partial charge on any atom is 0.306 e. The van der Waals surface area contributed by atoms with Gasteiger partial charge >= 0.3 is 5.97 Å². The van der Waals surface area contributed by atoms with Crippen LogP contribution in [0.15, 0.2) is 18.2 Å². The number of rotatable bonds is 5. The van der Waals surface area contributed by atoms with E-state index >= 15 is 0 Å². The first-order chi connectivity index (χ1) is 13.3. The summed E-state index contributed by atoms with van der Waals surface area (Å²) in [5.41, 5.74) is 0.528. The molecule has 152 valence electrons. The lowest BCUT2D eigenvalue weighted by atomic mass is 10.1. The van der Waals surface area contributed by atoms with Gasteiger partial charge in [-0.05, 0) is 37.3 Å². The zero-order valence-corrected chi connectivity index (χ0v) is 16.3. The van der Waals surface area contributed by atoms with Gasteiger partial charge in [0, 0.05) is 31.0 Å². The molecule has 1 aromatic carbocycles. The van der Waals surface area contributed by atoms with Crippen molar-refractivity contribution in [3.05, 3.63) is 18.2 Å². The summed E-state index contributed by atoms with van der Waals surface area (Å²) in [7, 11) is -3.04. The summed E-state index contributed by atoms with van der Waals surface area (Å²) in [6, 6.07) is 5.16. The molecule has 1 saturated heterocycles. The summed E-state index contributed by atoms with van der Waals surface area (Å²) < 4.78 is 39.7. The van der Waals surface area contributed by atoms with Crippen LogP contribution in [0.25, 0.3) is 0 Å². The molecule has 8 nitrogen and oxygen atoms in total. The average Bonchev–Trinajstić information content (AvgIpc) is 3.32. The van der Waals surface area contributed by atoms with Crippen molar-refractivity contribution in [2.24, 2.45) is 5.92 Å². The van der Waals surface area contributed by atoms with Gasteiger partial charge in [-0.3, -0.25) is 9.59 Å². The Bertz CT molecular complexity index is 890. The lowest BCUT2D eigenvalue weighted by Gasteiger charge is -2.21. The maximum atomic E-state index is 12.1. The molecule has 1 unspecified atom stereocenters. The molecule has 2 aliphatic heterocycles. The SMILES string of the molecule is O=C(COC(=O)CC1CCS(=O)(=O)C1)Nc1ccc2c(c1)OC1(CCCC1)O2. The Labute approximate surface area is 163 Å². The van der Waals surface area contributed by atoms with E-state index in [1.165, 1.54) is 0 Å². The van der Waals surface area contributed by atoms with Gasteiger partial charge < -0.3 is 19.5 Å². The number of fused-ring (bicyclic) bond motifs is 1. The number of nitrogens with one attached hydrogen (secondary N) is 1. The van der Waals surface area contributed by atoms with Gasteiger partial charge in [-0.25, -0.2) is 8.42 Å². The minimum absolute atomic E-state index is 0.00693. The van der Waals surface area contributed by atoms with Crippen molar-refractivity contribution in [2.75, 3.05) is 23.4 Å². The van der Waals surface area contributed by atoms with E-state index in [2.05, 4.69) is 5.32 Å². The van der Waals surface area contributed by atoms with Gasteiger partial charge in [0.05, 0.1) is 11.5 Å². The molecule has 9 heteroatoms. The third-order valence-electron chi connectivity index (χ3n) is 5.33. The van der Waals surface area contributed by atoms with Crippen molar-refractivity contribution in [3.8, 4) is 11.5 Å². The predicted octanol–water partition coefficient (Wildman–Crippen LogP) is 2.03. The topological polar surface area (TPSA) is 108 Å². The highest BCUT2D eigenvalue weighted by Gasteiger charge is 2.44. The predicted molar refractivity (Wildman–Crippen MR) is 99.9 cm³/mol. The third-order valence-corrected chi connectivity index (χ3v) is 7.17. The van der Waals surface area contributed by atoms with Gasteiger partial charge in [-0.2, -0.15) is 0 Å². The Morgan fingerprint density at radius 2 is 1.93 bits per heavy atom. The van der Waals surface area contributed by atoms with E-state index in [0.717, 1.165) is 25.7 Å². The van der Waals surface area contributed by atoms with Crippen molar-refractivity contribution < 1.29 is 32.2 Å². The summed E-state index contributed by atoms with van der Waals surface area (Å²) >= 11 is 0. The Morgan fingerprint density at radius 3 is 2.64 bits per heavy atom. The minimum atomic E-state index is -3.04. The van der Waals surface area contributed by atoms with E-state index in [-0.39, 0.29) is 23.8 Å². The van der Waals surface area contributed by atoms with Crippen molar-refractivity contribution in [2.45, 2.75) is 44.3 Å². The van der Waals surface area contributed by atoms with E-state index in [0.29, 0.717) is 23.6 Å². The fraction of sp³-hybridized carbons (Fsp3) is 0.579. The Hall–Kier alpha value is -2.29. The molecule has 1 amide bonds. The van der Waals surface area contributed by atoms with Crippen LogP contribution in [0, 0.1) is 5.92 Å². The van der Waals surface area contributed by atoms with Crippen LogP contribution in [0.1, 0.15) is 38.5 Å². The highest BCUT2D eigenvalue weighted by atomic mass is 32.2. The van der Waals surface area contributed by atoms with Crippen LogP contribution in [-0.2, 0) is 24.2 Å². The summed E-state index contributed by atoms with van der Waals surface area (Å²) in [6.07, 6.45) is 4.30. The van der Waals surface area contributed by atoms with Gasteiger partial charge in [-0.1, -0.05) is 0 Å². The lowest BCUT2D eigenvalue weighted by molar-refractivity contribution is -0.148. The normalized spacial score (nSPS) is 23.6. The molecule has 28 heavy (non-hydrogen) atoms. The number of carbonyl (C=O) groups excluding carboxylic acids is 2. The zero-order chi connectivity index (χ0) is 19.8. The highest BCUT2D eigenvalue weighted by molar-refractivity contribution is 7.91. The molecule has 1 aromatic rings. The first-order valence-electron chi connectivity index (χ1n) is 9.51. The number of esters is 1. The van der Waals surface area contributed by atoms with Crippen LogP contribution >= 0.6 is 0 Å². The highest BCUT2D eigenvalue weighted by Crippen LogP contribution is 2.47. The van der Waals surface area contributed by atoms with Gasteiger partial charge in [0.2, 0.25) is 0 Å². The minimum Gasteiger partial charge on any atom is -0.456 e. The van der Waals surface area contributed by atoms with Crippen LogP contribution in [-0.4, -0.2) is 44.2 Å². The number of benzene rings is 1. The number of anilines is 1. The average molecular weight is 409 g/mol. The number of sulfone groups is 1. The number of carbonyl (C=O) groups is 2. The van der Waals surface area contributed by atoms with Crippen LogP contribution in [0.3, 0.4) is 0 Å². The fourth-order valence-electron chi connectivity index (χ4n) is 3.96. The fourth-order valence-corrected chi connectivity index (χ4v) is 5.82. The molecule has 0 bridgehead atoms. The van der Waals surface area contributed by atoms with Crippen LogP contribution in [0.4, 0.5) is 5.69 Å². The lowest BCUT2D eigenvalue weighted by Crippen LogP contribution is -2.34. The Balaban J connectivity index is 1.25. The van der Waals surface area contributed by atoms with Crippen molar-refractivity contribution in [1.29, 1.82) is 0 Å². The number of hydrogen-bond donors (Lipinski definition) is 1. The second-order valence-electron chi connectivity index (χ2n) is 7.67. The molecule has 0 aromatic heterocycles. The molecular weight excluding hydrogens is 386 g/mol. The second kappa shape index (κ2) is 7.27. The van der Waals surface area contributed by atoms with Crippen LogP contribution in [0.2, 0.25) is 0 Å². The van der Waals surface area contributed by atoms with Gasteiger partial charge in [0.1, 0.15) is 0 Å².